The highest BCUT2D eigenvalue weighted by Gasteiger charge is 2.35. The number of nitrogens with zero attached hydrogens (tertiary/aromatic N) is 2. The van der Waals surface area contributed by atoms with Crippen LogP contribution >= 0.6 is 11.6 Å². The van der Waals surface area contributed by atoms with Crippen LogP contribution in [0.3, 0.4) is 0 Å². The number of amides is 3. The fraction of sp³-hybridized carbons (Fsp3) is 0.517. The molecule has 3 N–H and O–H groups in total. The van der Waals surface area contributed by atoms with Gasteiger partial charge in [-0.25, -0.2) is 13.2 Å². The van der Waals surface area contributed by atoms with Gasteiger partial charge >= 0.3 is 6.03 Å². The van der Waals surface area contributed by atoms with Crippen LogP contribution in [0.5, 0.6) is 5.75 Å². The standard InChI is InChI=1S/C29H39ClN4O6S/c1-19-16-34(20(2)18-35)28(36)24-10-7-11-25(32-41(38,39)23-14-12-21(30)13-15-23)27(24)40-26(19)17-33(3)29(37)31-22-8-5-4-6-9-22/h7,10-15,19-20,22,26,32,35H,4-6,8-9,16-18H2,1-3H3,(H,31,37)/t19-,20-,26+/m0/s1. The summed E-state index contributed by atoms with van der Waals surface area (Å²) in [5.41, 5.74) is 0.253. The van der Waals surface area contributed by atoms with Gasteiger partial charge in [0.1, 0.15) is 6.10 Å². The number of halogens is 1. The molecule has 0 unspecified atom stereocenters. The average molecular weight is 607 g/mol. The summed E-state index contributed by atoms with van der Waals surface area (Å²) in [6.45, 7) is 3.90. The van der Waals surface area contributed by atoms with Crippen molar-refractivity contribution in [2.75, 3.05) is 31.5 Å². The number of carbonyl (C=O) groups excluding carboxylic acids is 2. The van der Waals surface area contributed by atoms with Crippen LogP contribution in [0.25, 0.3) is 0 Å². The molecule has 1 heterocycles. The summed E-state index contributed by atoms with van der Waals surface area (Å²) in [4.78, 5) is 29.9. The first-order chi connectivity index (χ1) is 19.5. The van der Waals surface area contributed by atoms with Crippen molar-refractivity contribution < 1.29 is 27.9 Å². The van der Waals surface area contributed by atoms with E-state index in [4.69, 9.17) is 16.3 Å². The van der Waals surface area contributed by atoms with E-state index in [9.17, 15) is 23.1 Å². The van der Waals surface area contributed by atoms with Gasteiger partial charge in [-0.1, -0.05) is 43.9 Å². The van der Waals surface area contributed by atoms with Crippen LogP contribution < -0.4 is 14.8 Å². The van der Waals surface area contributed by atoms with Crippen molar-refractivity contribution in [1.82, 2.24) is 15.1 Å². The van der Waals surface area contributed by atoms with E-state index in [0.717, 1.165) is 25.7 Å². The second-order valence-corrected chi connectivity index (χ2v) is 13.1. The Labute approximate surface area is 247 Å². The Morgan fingerprint density at radius 1 is 1.17 bits per heavy atom. The number of carbonyl (C=O) groups is 2. The number of likely N-dealkylation sites (N-methyl/N-ethyl adjacent to an activating group) is 1. The third-order valence-electron chi connectivity index (χ3n) is 7.79. The maximum Gasteiger partial charge on any atom is 0.317 e. The molecule has 4 rings (SSSR count). The van der Waals surface area contributed by atoms with E-state index < -0.39 is 22.2 Å². The number of sulfonamides is 1. The molecule has 10 nitrogen and oxygen atoms in total. The molecule has 2 aromatic rings. The molecule has 3 amide bonds. The topological polar surface area (TPSA) is 128 Å². The van der Waals surface area contributed by atoms with Gasteiger partial charge in [0.2, 0.25) is 0 Å². The van der Waals surface area contributed by atoms with Crippen molar-refractivity contribution in [3.8, 4) is 5.75 Å². The van der Waals surface area contributed by atoms with E-state index >= 15 is 0 Å². The molecular weight excluding hydrogens is 568 g/mol. The van der Waals surface area contributed by atoms with Gasteiger partial charge in [-0.2, -0.15) is 0 Å². The highest BCUT2D eigenvalue weighted by molar-refractivity contribution is 7.92. The van der Waals surface area contributed by atoms with E-state index in [1.165, 1.54) is 36.8 Å². The predicted molar refractivity (Wildman–Crippen MR) is 158 cm³/mol. The number of nitrogens with one attached hydrogen (secondary N) is 2. The van der Waals surface area contributed by atoms with E-state index in [1.807, 2.05) is 6.92 Å². The molecule has 1 aliphatic carbocycles. The molecule has 41 heavy (non-hydrogen) atoms. The van der Waals surface area contributed by atoms with Gasteiger partial charge in [0.05, 0.1) is 35.3 Å². The summed E-state index contributed by atoms with van der Waals surface area (Å²) in [7, 11) is -2.35. The Balaban J connectivity index is 1.66. The third-order valence-corrected chi connectivity index (χ3v) is 9.43. The van der Waals surface area contributed by atoms with Gasteiger partial charge in [-0.05, 0) is 56.2 Å². The lowest BCUT2D eigenvalue weighted by Gasteiger charge is -2.38. The zero-order valence-electron chi connectivity index (χ0n) is 23.7. The smallest absolute Gasteiger partial charge is 0.317 e. The fourth-order valence-electron chi connectivity index (χ4n) is 5.24. The van der Waals surface area contributed by atoms with Gasteiger partial charge in [0.15, 0.2) is 5.75 Å². The summed E-state index contributed by atoms with van der Waals surface area (Å²) in [6.07, 6.45) is 4.69. The summed E-state index contributed by atoms with van der Waals surface area (Å²) in [6, 6.07) is 9.86. The van der Waals surface area contributed by atoms with Gasteiger partial charge in [-0.15, -0.1) is 0 Å². The quantitative estimate of drug-likeness (QED) is 0.410. The van der Waals surface area contributed by atoms with E-state index in [1.54, 1.807) is 35.9 Å². The van der Waals surface area contributed by atoms with Crippen molar-refractivity contribution in [2.24, 2.45) is 5.92 Å². The predicted octanol–water partition coefficient (Wildman–Crippen LogP) is 4.34. The van der Waals surface area contributed by atoms with Crippen LogP contribution in [0.4, 0.5) is 10.5 Å². The van der Waals surface area contributed by atoms with Crippen LogP contribution in [-0.4, -0.2) is 80.2 Å². The second-order valence-electron chi connectivity index (χ2n) is 11.0. The number of fused-ring (bicyclic) bond motifs is 1. The van der Waals surface area contributed by atoms with E-state index in [0.29, 0.717) is 5.02 Å². The Kier molecular flexibility index (Phi) is 10.0. The minimum atomic E-state index is -4.05. The number of aliphatic hydroxyl groups excluding tert-OH is 1. The summed E-state index contributed by atoms with van der Waals surface area (Å²) < 4.78 is 35.5. The Hall–Kier alpha value is -3.02. The lowest BCUT2D eigenvalue weighted by Crippen LogP contribution is -2.52. The number of urea groups is 1. The van der Waals surface area contributed by atoms with Gasteiger partial charge in [-0.3, -0.25) is 9.52 Å². The summed E-state index contributed by atoms with van der Waals surface area (Å²) >= 11 is 5.94. The van der Waals surface area contributed by atoms with Crippen molar-refractivity contribution >= 4 is 39.2 Å². The molecule has 1 fully saturated rings. The average Bonchev–Trinajstić information content (AvgIpc) is 2.95. The SMILES string of the molecule is C[C@H]1CN([C@@H](C)CO)C(=O)c2cccc(NS(=O)(=O)c3ccc(Cl)cc3)c2O[C@@H]1CN(C)C(=O)NC1CCCCC1. The van der Waals surface area contributed by atoms with Gasteiger partial charge in [0, 0.05) is 30.6 Å². The molecular formula is C29H39ClN4O6S. The molecule has 0 bridgehead atoms. The maximum absolute atomic E-state index is 13.7. The van der Waals surface area contributed by atoms with Crippen LogP contribution in [0.1, 0.15) is 56.3 Å². The van der Waals surface area contributed by atoms with Crippen LogP contribution in [0, 0.1) is 5.92 Å². The van der Waals surface area contributed by atoms with E-state index in [2.05, 4.69) is 10.0 Å². The monoisotopic (exact) mass is 606 g/mol. The normalized spacial score (nSPS) is 20.7. The van der Waals surface area contributed by atoms with Gasteiger partial charge < -0.3 is 25.0 Å². The highest BCUT2D eigenvalue weighted by atomic mass is 35.5. The number of para-hydroxylation sites is 1. The Morgan fingerprint density at radius 3 is 2.51 bits per heavy atom. The number of benzene rings is 2. The van der Waals surface area contributed by atoms with Gasteiger partial charge in [0.25, 0.3) is 15.9 Å². The Morgan fingerprint density at radius 2 is 1.85 bits per heavy atom. The molecule has 224 valence electrons. The lowest BCUT2D eigenvalue weighted by molar-refractivity contribution is 0.0368. The lowest BCUT2D eigenvalue weighted by atomic mass is 9.96. The third kappa shape index (κ3) is 7.44. The van der Waals surface area contributed by atoms with Crippen LogP contribution in [0.2, 0.25) is 5.02 Å². The largest absolute Gasteiger partial charge is 0.485 e. The zero-order chi connectivity index (χ0) is 29.7. The molecule has 12 heteroatoms. The number of aliphatic hydroxyl groups is 1. The molecule has 2 aliphatic rings. The summed E-state index contributed by atoms with van der Waals surface area (Å²) in [5.74, 6) is -0.572. The molecule has 0 spiro atoms. The Bertz CT molecular complexity index is 1330. The van der Waals surface area contributed by atoms with Crippen molar-refractivity contribution in [2.45, 2.75) is 69.0 Å². The highest BCUT2D eigenvalue weighted by Crippen LogP contribution is 2.36. The number of anilines is 1. The molecule has 2 aromatic carbocycles. The first-order valence-corrected chi connectivity index (χ1v) is 15.9. The number of hydrogen-bond donors (Lipinski definition) is 3. The molecule has 0 radical (unpaired) electrons. The van der Waals surface area contributed by atoms with E-state index in [-0.39, 0.29) is 65.5 Å². The van der Waals surface area contributed by atoms with Crippen molar-refractivity contribution in [3.63, 3.8) is 0 Å². The maximum atomic E-state index is 13.7. The minimum Gasteiger partial charge on any atom is -0.485 e. The molecule has 1 aliphatic heterocycles. The van der Waals surface area contributed by atoms with Crippen LogP contribution in [0.15, 0.2) is 47.4 Å². The van der Waals surface area contributed by atoms with Crippen molar-refractivity contribution in [3.05, 3.63) is 53.1 Å². The molecule has 0 saturated heterocycles. The second kappa shape index (κ2) is 13.3. The zero-order valence-corrected chi connectivity index (χ0v) is 25.2. The minimum absolute atomic E-state index is 0.00348. The fourth-order valence-corrected chi connectivity index (χ4v) is 6.43. The number of rotatable bonds is 8. The van der Waals surface area contributed by atoms with Crippen molar-refractivity contribution in [1.29, 1.82) is 0 Å². The first-order valence-electron chi connectivity index (χ1n) is 14.0. The first kappa shape index (κ1) is 30.9. The molecule has 3 atom stereocenters. The summed E-state index contributed by atoms with van der Waals surface area (Å²) in [5, 5.41) is 13.4. The van der Waals surface area contributed by atoms with Crippen LogP contribution in [-0.2, 0) is 10.0 Å². The molecule has 1 saturated carbocycles. The molecule has 0 aromatic heterocycles. The number of hydrogen-bond acceptors (Lipinski definition) is 6. The number of ether oxygens (including phenoxy) is 1.